The summed E-state index contributed by atoms with van der Waals surface area (Å²) in [5.41, 5.74) is 1.08. The standard InChI is InChI=1S/C19H19F2N3O3/c1-23(18(25)13-9-8-12(26-2)10-16(13)27-3)11-17-22-14-6-4-5-7-15(14)24(17)19(20)21/h4-10,19H,11H2,1-3H3. The lowest BCUT2D eigenvalue weighted by atomic mass is 10.1. The van der Waals surface area contributed by atoms with Gasteiger partial charge in [0.15, 0.2) is 0 Å². The second-order valence-corrected chi connectivity index (χ2v) is 5.89. The van der Waals surface area contributed by atoms with E-state index in [2.05, 4.69) is 4.98 Å². The Morgan fingerprint density at radius 2 is 1.93 bits per heavy atom. The van der Waals surface area contributed by atoms with E-state index in [-0.39, 0.29) is 18.3 Å². The number of aromatic nitrogens is 2. The number of nitrogens with zero attached hydrogens (tertiary/aromatic N) is 3. The molecule has 1 aromatic heterocycles. The molecular formula is C19H19F2N3O3. The number of hydrogen-bond donors (Lipinski definition) is 0. The first-order valence-electron chi connectivity index (χ1n) is 8.17. The molecule has 0 N–H and O–H groups in total. The Hall–Kier alpha value is -3.16. The number of carbonyl (C=O) groups is 1. The maximum Gasteiger partial charge on any atom is 0.320 e. The van der Waals surface area contributed by atoms with Gasteiger partial charge in [0.2, 0.25) is 0 Å². The zero-order valence-electron chi connectivity index (χ0n) is 15.1. The molecule has 2 aromatic carbocycles. The molecule has 0 bridgehead atoms. The van der Waals surface area contributed by atoms with E-state index >= 15 is 0 Å². The van der Waals surface area contributed by atoms with Crippen molar-refractivity contribution in [2.75, 3.05) is 21.3 Å². The summed E-state index contributed by atoms with van der Waals surface area (Å²) in [4.78, 5) is 18.4. The maximum atomic E-state index is 13.6. The third-order valence-electron chi connectivity index (χ3n) is 4.23. The Kier molecular flexibility index (Phi) is 5.25. The number of halogens is 2. The number of carbonyl (C=O) groups excluding carboxylic acids is 1. The molecule has 1 amide bonds. The van der Waals surface area contributed by atoms with Gasteiger partial charge in [0, 0.05) is 13.1 Å². The van der Waals surface area contributed by atoms with Crippen LogP contribution in [0, 0.1) is 0 Å². The zero-order chi connectivity index (χ0) is 19.6. The lowest BCUT2D eigenvalue weighted by Crippen LogP contribution is -2.28. The maximum absolute atomic E-state index is 13.6. The van der Waals surface area contributed by atoms with Crippen LogP contribution in [0.5, 0.6) is 11.5 Å². The lowest BCUT2D eigenvalue weighted by molar-refractivity contribution is 0.0645. The van der Waals surface area contributed by atoms with Crippen LogP contribution < -0.4 is 9.47 Å². The van der Waals surface area contributed by atoms with E-state index in [1.807, 2.05) is 0 Å². The molecule has 6 nitrogen and oxygen atoms in total. The summed E-state index contributed by atoms with van der Waals surface area (Å²) in [6.45, 7) is -2.83. The van der Waals surface area contributed by atoms with Crippen molar-refractivity contribution in [3.8, 4) is 11.5 Å². The van der Waals surface area contributed by atoms with E-state index < -0.39 is 6.55 Å². The Labute approximate surface area is 154 Å². The number of alkyl halides is 2. The summed E-state index contributed by atoms with van der Waals surface area (Å²) in [5.74, 6) is 0.621. The van der Waals surface area contributed by atoms with E-state index in [0.29, 0.717) is 28.1 Å². The van der Waals surface area contributed by atoms with Gasteiger partial charge in [-0.1, -0.05) is 12.1 Å². The minimum Gasteiger partial charge on any atom is -0.497 e. The molecule has 0 saturated carbocycles. The Balaban J connectivity index is 1.92. The molecule has 142 valence electrons. The highest BCUT2D eigenvalue weighted by atomic mass is 19.3. The van der Waals surface area contributed by atoms with Crippen molar-refractivity contribution in [1.29, 1.82) is 0 Å². The quantitative estimate of drug-likeness (QED) is 0.659. The lowest BCUT2D eigenvalue weighted by Gasteiger charge is -2.19. The predicted octanol–water partition coefficient (Wildman–Crippen LogP) is 3.72. The molecule has 0 fully saturated rings. The van der Waals surface area contributed by atoms with E-state index in [1.54, 1.807) is 42.5 Å². The molecule has 0 aliphatic heterocycles. The number of fused-ring (bicyclic) bond motifs is 1. The summed E-state index contributed by atoms with van der Waals surface area (Å²) in [6.07, 6.45) is 0. The highest BCUT2D eigenvalue weighted by Gasteiger charge is 2.22. The molecule has 0 spiro atoms. The van der Waals surface area contributed by atoms with Gasteiger partial charge in [0.25, 0.3) is 5.91 Å². The summed E-state index contributed by atoms with van der Waals surface area (Å²) >= 11 is 0. The molecule has 27 heavy (non-hydrogen) atoms. The van der Waals surface area contributed by atoms with Gasteiger partial charge >= 0.3 is 6.55 Å². The van der Waals surface area contributed by atoms with Crippen LogP contribution in [0.1, 0.15) is 22.7 Å². The van der Waals surface area contributed by atoms with Crippen LogP contribution >= 0.6 is 0 Å². The number of methoxy groups -OCH3 is 2. The van der Waals surface area contributed by atoms with Gasteiger partial charge in [-0.15, -0.1) is 0 Å². The SMILES string of the molecule is COc1ccc(C(=O)N(C)Cc2nc3ccccc3n2C(F)F)c(OC)c1. The van der Waals surface area contributed by atoms with Crippen LogP contribution in [-0.2, 0) is 6.54 Å². The first-order chi connectivity index (χ1) is 13.0. The first kappa shape index (κ1) is 18.6. The van der Waals surface area contributed by atoms with Crippen molar-refractivity contribution in [1.82, 2.24) is 14.5 Å². The molecule has 0 aliphatic carbocycles. The number of amides is 1. The van der Waals surface area contributed by atoms with Gasteiger partial charge in [-0.3, -0.25) is 9.36 Å². The smallest absolute Gasteiger partial charge is 0.320 e. The minimum absolute atomic E-state index is 0.0764. The minimum atomic E-state index is -2.76. The number of hydrogen-bond acceptors (Lipinski definition) is 4. The molecular weight excluding hydrogens is 356 g/mol. The number of rotatable bonds is 6. The van der Waals surface area contributed by atoms with Crippen molar-refractivity contribution in [3.63, 3.8) is 0 Å². The van der Waals surface area contributed by atoms with Crippen LogP contribution in [-0.4, -0.2) is 41.6 Å². The van der Waals surface area contributed by atoms with Crippen molar-refractivity contribution >= 4 is 16.9 Å². The van der Waals surface area contributed by atoms with Crippen LogP contribution in [0.25, 0.3) is 11.0 Å². The average molecular weight is 375 g/mol. The fourth-order valence-corrected chi connectivity index (χ4v) is 2.89. The second-order valence-electron chi connectivity index (χ2n) is 5.89. The predicted molar refractivity (Wildman–Crippen MR) is 96.3 cm³/mol. The molecule has 8 heteroatoms. The fraction of sp³-hybridized carbons (Fsp3) is 0.263. The summed E-state index contributed by atoms with van der Waals surface area (Å²) < 4.78 is 38.3. The highest BCUT2D eigenvalue weighted by molar-refractivity contribution is 5.97. The number of benzene rings is 2. The fourth-order valence-electron chi connectivity index (χ4n) is 2.89. The van der Waals surface area contributed by atoms with Gasteiger partial charge in [-0.25, -0.2) is 4.98 Å². The van der Waals surface area contributed by atoms with Gasteiger partial charge in [0.1, 0.15) is 17.3 Å². The monoisotopic (exact) mass is 375 g/mol. The molecule has 0 saturated heterocycles. The zero-order valence-corrected chi connectivity index (χ0v) is 15.1. The van der Waals surface area contributed by atoms with Crippen LogP contribution in [0.4, 0.5) is 8.78 Å². The van der Waals surface area contributed by atoms with Gasteiger partial charge in [-0.05, 0) is 24.3 Å². The summed E-state index contributed by atoms with van der Waals surface area (Å²) in [6, 6.07) is 11.4. The molecule has 3 aromatic rings. The van der Waals surface area contributed by atoms with Gasteiger partial charge < -0.3 is 14.4 Å². The number of para-hydroxylation sites is 2. The van der Waals surface area contributed by atoms with Crippen LogP contribution in [0.2, 0.25) is 0 Å². The van der Waals surface area contributed by atoms with Crippen LogP contribution in [0.15, 0.2) is 42.5 Å². The Bertz CT molecular complexity index is 972. The highest BCUT2D eigenvalue weighted by Crippen LogP contribution is 2.27. The Morgan fingerprint density at radius 1 is 1.19 bits per heavy atom. The normalized spacial score (nSPS) is 11.0. The van der Waals surface area contributed by atoms with Gasteiger partial charge in [0.05, 0.1) is 37.4 Å². The summed E-state index contributed by atoms with van der Waals surface area (Å²) in [7, 11) is 4.49. The second kappa shape index (κ2) is 7.61. The Morgan fingerprint density at radius 3 is 2.59 bits per heavy atom. The van der Waals surface area contributed by atoms with Crippen molar-refractivity contribution in [2.24, 2.45) is 0 Å². The van der Waals surface area contributed by atoms with Crippen molar-refractivity contribution < 1.29 is 23.0 Å². The largest absolute Gasteiger partial charge is 0.497 e. The molecule has 0 aliphatic rings. The first-order valence-corrected chi connectivity index (χ1v) is 8.17. The van der Waals surface area contributed by atoms with Crippen molar-refractivity contribution in [2.45, 2.75) is 13.1 Å². The molecule has 0 unspecified atom stereocenters. The van der Waals surface area contributed by atoms with E-state index in [4.69, 9.17) is 9.47 Å². The van der Waals surface area contributed by atoms with Gasteiger partial charge in [-0.2, -0.15) is 8.78 Å². The van der Waals surface area contributed by atoms with E-state index in [1.165, 1.54) is 26.2 Å². The molecule has 1 heterocycles. The van der Waals surface area contributed by atoms with E-state index in [9.17, 15) is 13.6 Å². The van der Waals surface area contributed by atoms with E-state index in [0.717, 1.165) is 4.57 Å². The number of imidazole rings is 1. The third-order valence-corrected chi connectivity index (χ3v) is 4.23. The molecule has 0 radical (unpaired) electrons. The third kappa shape index (κ3) is 3.55. The molecule has 3 rings (SSSR count). The van der Waals surface area contributed by atoms with Crippen LogP contribution in [0.3, 0.4) is 0 Å². The topological polar surface area (TPSA) is 56.6 Å². The molecule has 0 atom stereocenters. The van der Waals surface area contributed by atoms with Crippen molar-refractivity contribution in [3.05, 3.63) is 53.9 Å². The summed E-state index contributed by atoms with van der Waals surface area (Å²) in [5, 5.41) is 0. The number of ether oxygens (including phenoxy) is 2. The average Bonchev–Trinajstić information content (AvgIpc) is 3.04.